The zero-order chi connectivity index (χ0) is 17.6. The summed E-state index contributed by atoms with van der Waals surface area (Å²) >= 11 is 0. The Hall–Kier alpha value is -2.69. The van der Waals surface area contributed by atoms with Gasteiger partial charge in [-0.25, -0.2) is 0 Å². The van der Waals surface area contributed by atoms with Gasteiger partial charge in [0.05, 0.1) is 19.2 Å². The molecule has 0 radical (unpaired) electrons. The number of benzene rings is 2. The van der Waals surface area contributed by atoms with E-state index >= 15 is 0 Å². The summed E-state index contributed by atoms with van der Waals surface area (Å²) in [6.45, 7) is 2.63. The summed E-state index contributed by atoms with van der Waals surface area (Å²) in [6.07, 6.45) is 1.46. The molecule has 1 saturated heterocycles. The van der Waals surface area contributed by atoms with Crippen LogP contribution in [0.4, 0.5) is 11.4 Å². The molecule has 3 N–H and O–H groups in total. The number of nitrogens with two attached hydrogens (primary N) is 1. The molecule has 5 nitrogen and oxygen atoms in total. The molecule has 1 unspecified atom stereocenters. The topological polar surface area (TPSA) is 67.6 Å². The fraction of sp³-hybridized carbons (Fsp3) is 0.350. The van der Waals surface area contributed by atoms with Crippen molar-refractivity contribution in [2.24, 2.45) is 5.92 Å². The predicted molar refractivity (Wildman–Crippen MR) is 101 cm³/mol. The molecule has 5 heteroatoms. The number of ether oxygens (including phenoxy) is 1. The van der Waals surface area contributed by atoms with Crippen molar-refractivity contribution in [1.29, 1.82) is 0 Å². The Morgan fingerprint density at radius 1 is 1.24 bits per heavy atom. The number of methoxy groups -OCH3 is 1. The van der Waals surface area contributed by atoms with E-state index in [1.54, 1.807) is 7.11 Å². The van der Waals surface area contributed by atoms with Crippen molar-refractivity contribution in [1.82, 2.24) is 5.32 Å². The molecule has 3 rings (SSSR count). The molecule has 25 heavy (non-hydrogen) atoms. The lowest BCUT2D eigenvalue weighted by atomic mass is 10.1. The highest BCUT2D eigenvalue weighted by atomic mass is 16.5. The first kappa shape index (κ1) is 17.1. The van der Waals surface area contributed by atoms with Gasteiger partial charge in [-0.15, -0.1) is 0 Å². The van der Waals surface area contributed by atoms with Crippen LogP contribution in [-0.4, -0.2) is 32.7 Å². The maximum Gasteiger partial charge on any atom is 0.224 e. The highest BCUT2D eigenvalue weighted by Gasteiger charge is 2.24. The summed E-state index contributed by atoms with van der Waals surface area (Å²) in [5.74, 6) is 1.41. The molecule has 1 amide bonds. The Balaban J connectivity index is 1.48. The van der Waals surface area contributed by atoms with E-state index in [9.17, 15) is 4.79 Å². The summed E-state index contributed by atoms with van der Waals surface area (Å²) in [5, 5.41) is 3.06. The summed E-state index contributed by atoms with van der Waals surface area (Å²) in [5.41, 5.74) is 8.49. The van der Waals surface area contributed by atoms with Crippen LogP contribution in [0.5, 0.6) is 5.75 Å². The second-order valence-electron chi connectivity index (χ2n) is 6.50. The number of anilines is 2. The Morgan fingerprint density at radius 2 is 2.00 bits per heavy atom. The molecule has 0 aliphatic carbocycles. The highest BCUT2D eigenvalue weighted by Crippen LogP contribution is 2.31. The van der Waals surface area contributed by atoms with Crippen molar-refractivity contribution in [3.8, 4) is 5.75 Å². The third kappa shape index (κ3) is 4.44. The van der Waals surface area contributed by atoms with Gasteiger partial charge in [0.15, 0.2) is 0 Å². The molecule has 0 saturated carbocycles. The summed E-state index contributed by atoms with van der Waals surface area (Å²) in [4.78, 5) is 14.5. The fourth-order valence-corrected chi connectivity index (χ4v) is 3.25. The number of hydrogen-bond donors (Lipinski definition) is 2. The molecule has 0 bridgehead atoms. The van der Waals surface area contributed by atoms with Crippen LogP contribution in [0.15, 0.2) is 48.5 Å². The first-order valence-corrected chi connectivity index (χ1v) is 8.65. The van der Waals surface area contributed by atoms with Crippen LogP contribution >= 0.6 is 0 Å². The van der Waals surface area contributed by atoms with Crippen LogP contribution in [0.3, 0.4) is 0 Å². The maximum absolute atomic E-state index is 12.1. The quantitative estimate of drug-likeness (QED) is 0.794. The summed E-state index contributed by atoms with van der Waals surface area (Å²) in [7, 11) is 1.70. The number of rotatable bonds is 6. The highest BCUT2D eigenvalue weighted by molar-refractivity contribution is 5.78. The van der Waals surface area contributed by atoms with Gasteiger partial charge in [0.1, 0.15) is 5.75 Å². The van der Waals surface area contributed by atoms with Gasteiger partial charge >= 0.3 is 0 Å². The molecule has 132 valence electrons. The molecule has 1 fully saturated rings. The number of para-hydroxylation sites is 2. The minimum absolute atomic E-state index is 0.0560. The number of carbonyl (C=O) groups is 1. The zero-order valence-electron chi connectivity index (χ0n) is 14.6. The molecular weight excluding hydrogens is 314 g/mol. The molecule has 1 atom stereocenters. The van der Waals surface area contributed by atoms with Crippen LogP contribution in [-0.2, 0) is 11.2 Å². The first-order chi connectivity index (χ1) is 12.2. The molecule has 1 aliphatic heterocycles. The van der Waals surface area contributed by atoms with Crippen molar-refractivity contribution in [2.75, 3.05) is 37.4 Å². The van der Waals surface area contributed by atoms with Crippen LogP contribution in [0.2, 0.25) is 0 Å². The van der Waals surface area contributed by atoms with Gasteiger partial charge in [-0.2, -0.15) is 0 Å². The van der Waals surface area contributed by atoms with Gasteiger partial charge in [-0.1, -0.05) is 24.3 Å². The van der Waals surface area contributed by atoms with Gasteiger partial charge in [-0.3, -0.25) is 4.79 Å². The average molecular weight is 339 g/mol. The summed E-state index contributed by atoms with van der Waals surface area (Å²) in [6, 6.07) is 15.5. The lowest BCUT2D eigenvalue weighted by Gasteiger charge is -2.21. The second kappa shape index (κ2) is 7.92. The van der Waals surface area contributed by atoms with Crippen molar-refractivity contribution >= 4 is 17.3 Å². The van der Waals surface area contributed by atoms with E-state index in [0.717, 1.165) is 36.5 Å². The lowest BCUT2D eigenvalue weighted by molar-refractivity contribution is -0.120. The van der Waals surface area contributed by atoms with Gasteiger partial charge < -0.3 is 20.7 Å². The molecular formula is C20H25N3O2. The van der Waals surface area contributed by atoms with E-state index in [1.165, 1.54) is 0 Å². The average Bonchev–Trinajstić information content (AvgIpc) is 3.11. The van der Waals surface area contributed by atoms with E-state index in [0.29, 0.717) is 24.6 Å². The Morgan fingerprint density at radius 3 is 2.76 bits per heavy atom. The largest absolute Gasteiger partial charge is 0.495 e. The monoisotopic (exact) mass is 339 g/mol. The van der Waals surface area contributed by atoms with Crippen molar-refractivity contribution in [2.45, 2.75) is 12.8 Å². The summed E-state index contributed by atoms with van der Waals surface area (Å²) < 4.78 is 5.45. The molecule has 2 aromatic carbocycles. The number of carbonyl (C=O) groups excluding carboxylic acids is 1. The normalized spacial score (nSPS) is 16.7. The van der Waals surface area contributed by atoms with Crippen molar-refractivity contribution < 1.29 is 9.53 Å². The van der Waals surface area contributed by atoms with Gasteiger partial charge in [0.25, 0.3) is 0 Å². The molecule has 0 aromatic heterocycles. The number of hydrogen-bond acceptors (Lipinski definition) is 4. The van der Waals surface area contributed by atoms with Crippen LogP contribution in [0.25, 0.3) is 0 Å². The van der Waals surface area contributed by atoms with E-state index in [4.69, 9.17) is 10.5 Å². The lowest BCUT2D eigenvalue weighted by Crippen LogP contribution is -2.32. The Kier molecular flexibility index (Phi) is 5.43. The van der Waals surface area contributed by atoms with Gasteiger partial charge in [0.2, 0.25) is 5.91 Å². The van der Waals surface area contributed by atoms with E-state index in [1.807, 2.05) is 42.5 Å². The van der Waals surface area contributed by atoms with E-state index < -0.39 is 0 Å². The fourth-order valence-electron chi connectivity index (χ4n) is 3.25. The smallest absolute Gasteiger partial charge is 0.224 e. The minimum Gasteiger partial charge on any atom is -0.495 e. The Bertz CT molecular complexity index is 715. The number of amides is 1. The SMILES string of the molecule is COc1ccccc1N1CCC(CNC(=O)Cc2ccc(N)cc2)C1. The second-order valence-corrected chi connectivity index (χ2v) is 6.50. The van der Waals surface area contributed by atoms with Gasteiger partial charge in [-0.05, 0) is 42.2 Å². The van der Waals surface area contributed by atoms with Crippen LogP contribution in [0.1, 0.15) is 12.0 Å². The minimum atomic E-state index is 0.0560. The van der Waals surface area contributed by atoms with Crippen LogP contribution < -0.4 is 20.7 Å². The number of nitrogens with one attached hydrogen (secondary N) is 1. The predicted octanol–water partition coefficient (Wildman–Crippen LogP) is 2.46. The maximum atomic E-state index is 12.1. The number of nitrogens with zero attached hydrogens (tertiary/aromatic N) is 1. The van der Waals surface area contributed by atoms with Gasteiger partial charge in [0, 0.05) is 25.3 Å². The third-order valence-corrected chi connectivity index (χ3v) is 4.64. The molecule has 1 heterocycles. The van der Waals surface area contributed by atoms with Crippen LogP contribution in [0, 0.1) is 5.92 Å². The van der Waals surface area contributed by atoms with E-state index in [-0.39, 0.29) is 5.91 Å². The Labute approximate surface area is 148 Å². The molecule has 1 aliphatic rings. The zero-order valence-corrected chi connectivity index (χ0v) is 14.6. The van der Waals surface area contributed by atoms with Crippen molar-refractivity contribution in [3.63, 3.8) is 0 Å². The van der Waals surface area contributed by atoms with E-state index in [2.05, 4.69) is 16.3 Å². The molecule has 0 spiro atoms. The third-order valence-electron chi connectivity index (χ3n) is 4.64. The number of nitrogen functional groups attached to an aromatic ring is 1. The standard InChI is InChI=1S/C20H25N3O2/c1-25-19-5-3-2-4-18(19)23-11-10-16(14-23)13-22-20(24)12-15-6-8-17(21)9-7-15/h2-9,16H,10-14,21H2,1H3,(H,22,24). The first-order valence-electron chi connectivity index (χ1n) is 8.65. The van der Waals surface area contributed by atoms with Crippen molar-refractivity contribution in [3.05, 3.63) is 54.1 Å². The molecule has 2 aromatic rings.